The van der Waals surface area contributed by atoms with Crippen molar-refractivity contribution < 1.29 is 5.11 Å². The second kappa shape index (κ2) is 8.46. The van der Waals surface area contributed by atoms with Crippen molar-refractivity contribution in [1.29, 1.82) is 0 Å². The quantitative estimate of drug-likeness (QED) is 0.856. The Morgan fingerprint density at radius 2 is 2.30 bits per heavy atom. The van der Waals surface area contributed by atoms with Crippen LogP contribution < -0.4 is 0 Å². The lowest BCUT2D eigenvalue weighted by Crippen LogP contribution is -2.33. The van der Waals surface area contributed by atoms with Crippen molar-refractivity contribution in [2.24, 2.45) is 0 Å². The molecule has 1 unspecified atom stereocenters. The molecule has 2 heterocycles. The predicted molar refractivity (Wildman–Crippen MR) is 85.9 cm³/mol. The maximum absolute atomic E-state index is 8.82. The zero-order valence-electron chi connectivity index (χ0n) is 12.4. The molecule has 0 aromatic carbocycles. The molecule has 1 saturated heterocycles. The van der Waals surface area contributed by atoms with E-state index in [-0.39, 0.29) is 6.61 Å². The first kappa shape index (κ1) is 15.6. The van der Waals surface area contributed by atoms with E-state index in [9.17, 15) is 0 Å². The van der Waals surface area contributed by atoms with Crippen molar-refractivity contribution in [3.05, 3.63) is 21.9 Å². The number of thiophene rings is 1. The topological polar surface area (TPSA) is 23.5 Å². The van der Waals surface area contributed by atoms with Gasteiger partial charge in [0.05, 0.1) is 6.61 Å². The van der Waals surface area contributed by atoms with Gasteiger partial charge in [0.2, 0.25) is 0 Å². The molecule has 1 atom stereocenters. The largest absolute Gasteiger partial charge is 0.395 e. The highest BCUT2D eigenvalue weighted by atomic mass is 32.1. The van der Waals surface area contributed by atoms with Crippen LogP contribution >= 0.6 is 11.3 Å². The monoisotopic (exact) mass is 291 g/mol. The van der Waals surface area contributed by atoms with E-state index in [1.165, 1.54) is 43.5 Å². The molecule has 0 bridgehead atoms. The van der Waals surface area contributed by atoms with Crippen LogP contribution in [0, 0.1) is 11.8 Å². The van der Waals surface area contributed by atoms with Crippen molar-refractivity contribution in [1.82, 2.24) is 4.90 Å². The molecule has 2 rings (SSSR count). The van der Waals surface area contributed by atoms with E-state index < -0.39 is 0 Å². The first-order valence-corrected chi connectivity index (χ1v) is 8.63. The van der Waals surface area contributed by atoms with Gasteiger partial charge in [0, 0.05) is 29.4 Å². The summed E-state index contributed by atoms with van der Waals surface area (Å²) in [6.07, 6.45) is 7.23. The van der Waals surface area contributed by atoms with Crippen LogP contribution in [0.5, 0.6) is 0 Å². The van der Waals surface area contributed by atoms with Gasteiger partial charge in [-0.05, 0) is 37.3 Å². The second-order valence-electron chi connectivity index (χ2n) is 5.41. The van der Waals surface area contributed by atoms with E-state index in [0.717, 1.165) is 18.2 Å². The first-order chi connectivity index (χ1) is 9.85. The molecule has 110 valence electrons. The van der Waals surface area contributed by atoms with Gasteiger partial charge in [0.15, 0.2) is 0 Å². The molecular formula is C17H25NOS. The Balaban J connectivity index is 2.05. The van der Waals surface area contributed by atoms with E-state index in [1.807, 2.05) is 11.3 Å². The number of aliphatic hydroxyl groups excluding tert-OH is 1. The van der Waals surface area contributed by atoms with Gasteiger partial charge in [-0.3, -0.25) is 4.90 Å². The summed E-state index contributed by atoms with van der Waals surface area (Å²) in [5.74, 6) is 6.25. The summed E-state index contributed by atoms with van der Waals surface area (Å²) in [6.45, 7) is 4.72. The lowest BCUT2D eigenvalue weighted by Gasteiger charge is -2.28. The molecule has 0 saturated carbocycles. The summed E-state index contributed by atoms with van der Waals surface area (Å²) in [4.78, 5) is 4.03. The van der Waals surface area contributed by atoms with Crippen LogP contribution in [0.1, 0.15) is 55.9 Å². The minimum atomic E-state index is 0.149. The van der Waals surface area contributed by atoms with E-state index in [4.69, 9.17) is 5.11 Å². The molecule has 1 aliphatic rings. The average Bonchev–Trinajstić information content (AvgIpc) is 2.77. The van der Waals surface area contributed by atoms with Gasteiger partial charge in [-0.2, -0.15) is 0 Å². The third kappa shape index (κ3) is 4.34. The fourth-order valence-corrected chi connectivity index (χ4v) is 3.73. The Labute approximate surface area is 126 Å². The van der Waals surface area contributed by atoms with E-state index in [2.05, 4.69) is 35.1 Å². The third-order valence-electron chi connectivity index (χ3n) is 4.02. The molecule has 1 N–H and O–H groups in total. The SMILES string of the molecule is CCC1CCCCCN1Cc1sccc1C#CCCO. The normalized spacial score (nSPS) is 20.2. The molecular weight excluding hydrogens is 266 g/mol. The van der Waals surface area contributed by atoms with Gasteiger partial charge in [0.25, 0.3) is 0 Å². The summed E-state index contributed by atoms with van der Waals surface area (Å²) in [5, 5.41) is 11.0. The predicted octanol–water partition coefficient (Wildman–Crippen LogP) is 3.64. The van der Waals surface area contributed by atoms with Gasteiger partial charge in [0.1, 0.15) is 0 Å². The Hall–Kier alpha value is -0.820. The molecule has 0 aliphatic carbocycles. The summed E-state index contributed by atoms with van der Waals surface area (Å²) in [5.41, 5.74) is 1.16. The summed E-state index contributed by atoms with van der Waals surface area (Å²) in [7, 11) is 0. The Morgan fingerprint density at radius 3 is 3.10 bits per heavy atom. The Kier molecular flexibility index (Phi) is 6.59. The summed E-state index contributed by atoms with van der Waals surface area (Å²) >= 11 is 1.81. The van der Waals surface area contributed by atoms with Crippen LogP contribution in [0.2, 0.25) is 0 Å². The highest BCUT2D eigenvalue weighted by molar-refractivity contribution is 7.10. The van der Waals surface area contributed by atoms with Crippen molar-refractivity contribution >= 4 is 11.3 Å². The van der Waals surface area contributed by atoms with Crippen molar-refractivity contribution in [2.45, 2.75) is 58.0 Å². The third-order valence-corrected chi connectivity index (χ3v) is 4.93. The van der Waals surface area contributed by atoms with Crippen molar-refractivity contribution in [3.63, 3.8) is 0 Å². The van der Waals surface area contributed by atoms with Gasteiger partial charge in [-0.15, -0.1) is 11.3 Å². The summed E-state index contributed by atoms with van der Waals surface area (Å²) < 4.78 is 0. The highest BCUT2D eigenvalue weighted by Gasteiger charge is 2.20. The molecule has 1 aliphatic heterocycles. The molecule has 1 aromatic heterocycles. The lowest BCUT2D eigenvalue weighted by molar-refractivity contribution is 0.187. The zero-order chi connectivity index (χ0) is 14.2. The van der Waals surface area contributed by atoms with Gasteiger partial charge < -0.3 is 5.11 Å². The number of aliphatic hydroxyl groups is 1. The highest BCUT2D eigenvalue weighted by Crippen LogP contribution is 2.24. The molecule has 1 fully saturated rings. The van der Waals surface area contributed by atoms with E-state index in [0.29, 0.717) is 6.42 Å². The smallest absolute Gasteiger partial charge is 0.0540 e. The van der Waals surface area contributed by atoms with Crippen LogP contribution in [-0.2, 0) is 6.54 Å². The van der Waals surface area contributed by atoms with Gasteiger partial charge in [-0.1, -0.05) is 31.6 Å². The standard InChI is InChI=1S/C17H25NOS/c1-2-16-9-4-3-6-11-18(16)14-17-15(10-13-20-17)8-5-7-12-19/h10,13,16,19H,2-4,6-7,9,11-12,14H2,1H3. The van der Waals surface area contributed by atoms with Crippen LogP contribution in [0.25, 0.3) is 0 Å². The van der Waals surface area contributed by atoms with Crippen LogP contribution in [0.4, 0.5) is 0 Å². The molecule has 2 nitrogen and oxygen atoms in total. The number of likely N-dealkylation sites (tertiary alicyclic amines) is 1. The van der Waals surface area contributed by atoms with E-state index in [1.54, 1.807) is 0 Å². The van der Waals surface area contributed by atoms with Crippen LogP contribution in [0.3, 0.4) is 0 Å². The first-order valence-electron chi connectivity index (χ1n) is 7.75. The fraction of sp³-hybridized carbons (Fsp3) is 0.647. The zero-order valence-corrected chi connectivity index (χ0v) is 13.2. The Morgan fingerprint density at radius 1 is 1.40 bits per heavy atom. The second-order valence-corrected chi connectivity index (χ2v) is 6.42. The Bertz CT molecular complexity index is 457. The molecule has 1 aromatic rings. The minimum absolute atomic E-state index is 0.149. The van der Waals surface area contributed by atoms with Crippen molar-refractivity contribution in [3.8, 4) is 11.8 Å². The molecule has 3 heteroatoms. The van der Waals surface area contributed by atoms with Crippen LogP contribution in [0.15, 0.2) is 11.4 Å². The number of nitrogens with zero attached hydrogens (tertiary/aromatic N) is 1. The average molecular weight is 291 g/mol. The van der Waals surface area contributed by atoms with Gasteiger partial charge >= 0.3 is 0 Å². The molecule has 0 radical (unpaired) electrons. The van der Waals surface area contributed by atoms with Crippen LogP contribution in [-0.4, -0.2) is 29.2 Å². The van der Waals surface area contributed by atoms with E-state index >= 15 is 0 Å². The lowest BCUT2D eigenvalue weighted by atomic mass is 10.1. The van der Waals surface area contributed by atoms with Crippen molar-refractivity contribution in [2.75, 3.05) is 13.2 Å². The maximum atomic E-state index is 8.82. The fourth-order valence-electron chi connectivity index (χ4n) is 2.88. The maximum Gasteiger partial charge on any atom is 0.0540 e. The number of rotatable bonds is 4. The summed E-state index contributed by atoms with van der Waals surface area (Å²) in [6, 6.07) is 2.85. The molecule has 20 heavy (non-hydrogen) atoms. The number of hydrogen-bond acceptors (Lipinski definition) is 3. The molecule has 0 amide bonds. The van der Waals surface area contributed by atoms with Gasteiger partial charge in [-0.25, -0.2) is 0 Å². The molecule has 0 spiro atoms. The number of hydrogen-bond donors (Lipinski definition) is 1. The minimum Gasteiger partial charge on any atom is -0.395 e.